The summed E-state index contributed by atoms with van der Waals surface area (Å²) in [6.45, 7) is 23.3. The van der Waals surface area contributed by atoms with E-state index < -0.39 is 41.1 Å². The summed E-state index contributed by atoms with van der Waals surface area (Å²) in [6.07, 6.45) is 18.6. The van der Waals surface area contributed by atoms with Crippen molar-refractivity contribution in [3.05, 3.63) is 0 Å². The zero-order chi connectivity index (χ0) is 53.2. The van der Waals surface area contributed by atoms with Crippen molar-refractivity contribution in [1.82, 2.24) is 14.7 Å². The normalized spacial score (nSPS) is 13.2. The molecule has 0 fully saturated rings. The zero-order valence-corrected chi connectivity index (χ0v) is 46.2. The molecule has 0 aromatic rings. The smallest absolute Gasteiger partial charge is 0.410 e. The third kappa shape index (κ3) is 37.0. The van der Waals surface area contributed by atoms with E-state index in [1.54, 1.807) is 14.7 Å². The topological polar surface area (TPSA) is 199 Å². The number of esters is 2. The summed E-state index contributed by atoms with van der Waals surface area (Å²) >= 11 is 0. The van der Waals surface area contributed by atoms with E-state index in [1.807, 2.05) is 83.1 Å². The number of carboxylic acid groups (broad SMARTS) is 1. The molecule has 0 saturated carbocycles. The molecule has 0 heterocycles. The van der Waals surface area contributed by atoms with Gasteiger partial charge in [0.2, 0.25) is 0 Å². The molecule has 70 heavy (non-hydrogen) atoms. The second-order valence-electron chi connectivity index (χ2n) is 22.1. The predicted molar refractivity (Wildman–Crippen MR) is 275 cm³/mol. The van der Waals surface area contributed by atoms with Crippen LogP contribution in [0.25, 0.3) is 0 Å². The van der Waals surface area contributed by atoms with Crippen molar-refractivity contribution >= 4 is 36.2 Å². The Balaban J connectivity index is 4.56. The molecule has 16 nitrogen and oxygen atoms in total. The molecule has 0 radical (unpaired) electrons. The van der Waals surface area contributed by atoms with E-state index in [0.29, 0.717) is 25.7 Å². The van der Waals surface area contributed by atoms with Crippen LogP contribution in [0.5, 0.6) is 0 Å². The van der Waals surface area contributed by atoms with Crippen LogP contribution in [0.4, 0.5) is 14.4 Å². The van der Waals surface area contributed by atoms with E-state index in [1.165, 1.54) is 0 Å². The van der Waals surface area contributed by atoms with Crippen molar-refractivity contribution in [1.29, 1.82) is 0 Å². The molecule has 0 aliphatic carbocycles. The Morgan fingerprint density at radius 1 is 0.400 bits per heavy atom. The van der Waals surface area contributed by atoms with Crippen molar-refractivity contribution in [3.63, 3.8) is 0 Å². The van der Waals surface area contributed by atoms with Gasteiger partial charge in [0.05, 0.1) is 19.7 Å². The maximum atomic E-state index is 13.2. The quantitative estimate of drug-likeness (QED) is 0.0337. The lowest BCUT2D eigenvalue weighted by molar-refractivity contribution is -0.145. The summed E-state index contributed by atoms with van der Waals surface area (Å²) in [5.74, 6) is -1.31. The number of aliphatic hydroxyl groups is 1. The summed E-state index contributed by atoms with van der Waals surface area (Å²) in [4.78, 5) is 79.6. The first-order valence-corrected chi connectivity index (χ1v) is 26.9. The number of aliphatic hydroxyl groups excluding tert-OH is 1. The highest BCUT2D eigenvalue weighted by molar-refractivity contribution is 5.71. The number of nitrogens with zero attached hydrogens (tertiary/aromatic N) is 3. The van der Waals surface area contributed by atoms with Gasteiger partial charge >= 0.3 is 36.2 Å². The Bertz CT molecular complexity index is 1460. The molecule has 0 aromatic carbocycles. The van der Waals surface area contributed by atoms with E-state index in [-0.39, 0.29) is 75.9 Å². The minimum Gasteiger partial charge on any atom is -0.481 e. The van der Waals surface area contributed by atoms with Gasteiger partial charge in [0, 0.05) is 43.9 Å². The standard InChI is InChI=1S/C54H101N3O13/c1-43(55(37-40-58)49(63)68-52(4,5)6)31-25-20-14-17-23-29-35-47(61)67-42-39-57(51(65)70-54(10,11)12)45(3)33-27-21-15-18-24-30-36-48(62)66-41-38-56(50(64)69-53(7,8)9)44(2)32-26-19-13-16-22-28-34-46(59)60/h43-45,58H,13-42H2,1-12H3,(H,59,60)/t43-,44-,45?/m0/s1. The molecule has 410 valence electrons. The summed E-state index contributed by atoms with van der Waals surface area (Å²) in [6, 6.07) is -0.231. The SMILES string of the molecule is CC(CCCCCCCCC(=O)OCCN(C(=O)OC(C)(C)C)[C@@H](C)CCCCCCCCC(=O)O)N(CCOC(=O)CCCCCCCC[C@H](C)N(CCO)C(=O)OC(C)(C)C)C(=O)OC(C)(C)C. The van der Waals surface area contributed by atoms with E-state index in [4.69, 9.17) is 28.8 Å². The number of hydrogen-bond donors (Lipinski definition) is 2. The molecular weight excluding hydrogens is 899 g/mol. The molecule has 3 amide bonds. The van der Waals surface area contributed by atoms with E-state index in [2.05, 4.69) is 0 Å². The number of aliphatic carboxylic acids is 1. The summed E-state index contributed by atoms with van der Waals surface area (Å²) in [5, 5.41) is 18.2. The van der Waals surface area contributed by atoms with Crippen LogP contribution in [0.3, 0.4) is 0 Å². The van der Waals surface area contributed by atoms with Crippen LogP contribution in [0.15, 0.2) is 0 Å². The fourth-order valence-corrected chi connectivity index (χ4v) is 7.93. The number of rotatable bonds is 38. The van der Waals surface area contributed by atoms with Crippen molar-refractivity contribution in [2.45, 2.75) is 272 Å². The average Bonchev–Trinajstić information content (AvgIpc) is 3.23. The minimum atomic E-state index is -0.756. The number of amides is 3. The van der Waals surface area contributed by atoms with E-state index in [9.17, 15) is 33.9 Å². The van der Waals surface area contributed by atoms with Crippen molar-refractivity contribution in [3.8, 4) is 0 Å². The zero-order valence-electron chi connectivity index (χ0n) is 46.2. The van der Waals surface area contributed by atoms with Crippen LogP contribution in [0, 0.1) is 0 Å². The summed E-state index contributed by atoms with van der Waals surface area (Å²) in [7, 11) is 0. The highest BCUT2D eigenvalue weighted by atomic mass is 16.6. The maximum Gasteiger partial charge on any atom is 0.410 e. The lowest BCUT2D eigenvalue weighted by atomic mass is 10.0. The highest BCUT2D eigenvalue weighted by Crippen LogP contribution is 2.21. The molecule has 0 spiro atoms. The molecule has 0 saturated heterocycles. The summed E-state index contributed by atoms with van der Waals surface area (Å²) < 4.78 is 27.9. The maximum absolute atomic E-state index is 13.2. The van der Waals surface area contributed by atoms with Gasteiger partial charge in [-0.2, -0.15) is 0 Å². The molecule has 0 bridgehead atoms. The van der Waals surface area contributed by atoms with Crippen LogP contribution in [-0.2, 0) is 38.1 Å². The fraction of sp³-hybridized carbons (Fsp3) is 0.889. The molecule has 1 unspecified atom stereocenters. The molecule has 0 aliphatic rings. The fourth-order valence-electron chi connectivity index (χ4n) is 7.93. The van der Waals surface area contributed by atoms with Gasteiger partial charge in [0.25, 0.3) is 0 Å². The van der Waals surface area contributed by atoms with Crippen LogP contribution >= 0.6 is 0 Å². The number of ether oxygens (including phenoxy) is 5. The molecular formula is C54H101N3O13. The summed E-state index contributed by atoms with van der Waals surface area (Å²) in [5.41, 5.74) is -1.91. The third-order valence-electron chi connectivity index (χ3n) is 11.8. The van der Waals surface area contributed by atoms with Crippen LogP contribution in [0.1, 0.15) is 237 Å². The molecule has 0 aliphatic heterocycles. The molecule has 16 heteroatoms. The Morgan fingerprint density at radius 3 is 0.929 bits per heavy atom. The lowest BCUT2D eigenvalue weighted by Crippen LogP contribution is -2.44. The van der Waals surface area contributed by atoms with Gasteiger partial charge < -0.3 is 48.6 Å². The second kappa shape index (κ2) is 37.0. The number of carboxylic acids is 1. The van der Waals surface area contributed by atoms with Crippen molar-refractivity contribution in [2.24, 2.45) is 0 Å². The Kier molecular flexibility index (Phi) is 35.0. The van der Waals surface area contributed by atoms with Crippen molar-refractivity contribution in [2.75, 3.05) is 39.5 Å². The van der Waals surface area contributed by atoms with Crippen molar-refractivity contribution < 1.29 is 62.7 Å². The third-order valence-corrected chi connectivity index (χ3v) is 11.8. The molecule has 3 atom stereocenters. The Morgan fingerprint density at radius 2 is 0.657 bits per heavy atom. The van der Waals surface area contributed by atoms with E-state index >= 15 is 0 Å². The van der Waals surface area contributed by atoms with Gasteiger partial charge in [-0.1, -0.05) is 96.3 Å². The molecule has 2 N–H and O–H groups in total. The second-order valence-corrected chi connectivity index (χ2v) is 22.1. The van der Waals surface area contributed by atoms with Crippen LogP contribution in [0.2, 0.25) is 0 Å². The molecule has 0 aromatic heterocycles. The first-order valence-electron chi connectivity index (χ1n) is 26.9. The van der Waals surface area contributed by atoms with Gasteiger partial charge in [0.15, 0.2) is 0 Å². The van der Waals surface area contributed by atoms with Gasteiger partial charge in [-0.3, -0.25) is 14.4 Å². The number of carbonyl (C=O) groups excluding carboxylic acids is 5. The van der Waals surface area contributed by atoms with Gasteiger partial charge in [-0.05, 0) is 122 Å². The number of unbranched alkanes of at least 4 members (excludes halogenated alkanes) is 15. The average molecular weight is 1000 g/mol. The first kappa shape index (κ1) is 66.2. The van der Waals surface area contributed by atoms with Gasteiger partial charge in [-0.25, -0.2) is 14.4 Å². The number of carbonyl (C=O) groups is 6. The van der Waals surface area contributed by atoms with Crippen LogP contribution < -0.4 is 0 Å². The minimum absolute atomic E-state index is 0.0366. The van der Waals surface area contributed by atoms with Gasteiger partial charge in [0.1, 0.15) is 30.0 Å². The lowest BCUT2D eigenvalue weighted by Gasteiger charge is -2.31. The first-order chi connectivity index (χ1) is 32.8. The largest absolute Gasteiger partial charge is 0.481 e. The predicted octanol–water partition coefficient (Wildman–Crippen LogP) is 12.4. The monoisotopic (exact) mass is 1000 g/mol. The Hall–Kier alpha value is -3.82. The number of hydrogen-bond acceptors (Lipinski definition) is 12. The van der Waals surface area contributed by atoms with Gasteiger partial charge in [-0.15, -0.1) is 0 Å². The Labute approximate surface area is 423 Å². The van der Waals surface area contributed by atoms with Crippen LogP contribution in [-0.4, -0.2) is 135 Å². The van der Waals surface area contributed by atoms with E-state index in [0.717, 1.165) is 122 Å². The highest BCUT2D eigenvalue weighted by Gasteiger charge is 2.28. The molecule has 0 rings (SSSR count).